The second kappa shape index (κ2) is 6.37. The average Bonchev–Trinajstić information content (AvgIpc) is 2.61. The molecule has 5 heteroatoms. The Kier molecular flexibility index (Phi) is 4.27. The lowest BCUT2D eigenvalue weighted by molar-refractivity contribution is -0.136. The molecule has 0 bridgehead atoms. The molecule has 24 heavy (non-hydrogen) atoms. The molecule has 2 N–H and O–H groups in total. The molecule has 0 aromatic heterocycles. The van der Waals surface area contributed by atoms with Crippen molar-refractivity contribution in [1.82, 2.24) is 0 Å². The lowest BCUT2D eigenvalue weighted by Gasteiger charge is -2.33. The summed E-state index contributed by atoms with van der Waals surface area (Å²) >= 11 is 0. The van der Waals surface area contributed by atoms with Crippen LogP contribution in [0.25, 0.3) is 6.08 Å². The Hall–Kier alpha value is -2.79. The summed E-state index contributed by atoms with van der Waals surface area (Å²) in [6.45, 7) is 0. The van der Waals surface area contributed by atoms with Gasteiger partial charge in [0, 0.05) is 25.3 Å². The second-order valence-corrected chi connectivity index (χ2v) is 5.62. The van der Waals surface area contributed by atoms with Crippen molar-refractivity contribution in [2.45, 2.75) is 12.0 Å². The van der Waals surface area contributed by atoms with Crippen LogP contribution in [-0.4, -0.2) is 30.8 Å². The molecule has 2 aromatic rings. The van der Waals surface area contributed by atoms with Crippen LogP contribution in [0, 0.1) is 0 Å². The van der Waals surface area contributed by atoms with E-state index in [0.29, 0.717) is 11.4 Å². The van der Waals surface area contributed by atoms with Gasteiger partial charge in [0.2, 0.25) is 5.60 Å². The van der Waals surface area contributed by atoms with Crippen LogP contribution < -0.4 is 10.1 Å². The van der Waals surface area contributed by atoms with Crippen LogP contribution in [0.1, 0.15) is 11.1 Å². The number of anilines is 1. The largest absolute Gasteiger partial charge is 0.509 e. The Morgan fingerprint density at radius 2 is 1.96 bits per heavy atom. The fourth-order valence-corrected chi connectivity index (χ4v) is 2.86. The highest BCUT2D eigenvalue weighted by atomic mass is 16.5. The van der Waals surface area contributed by atoms with Gasteiger partial charge in [-0.2, -0.15) is 0 Å². The molecule has 3 rings (SSSR count). The number of benzene rings is 2. The molecule has 0 saturated heterocycles. The molecule has 0 spiro atoms. The summed E-state index contributed by atoms with van der Waals surface area (Å²) in [6, 6.07) is 14.6. The molecular formula is C19H19NO4. The van der Waals surface area contributed by atoms with Crippen LogP contribution in [0.5, 0.6) is 5.75 Å². The molecule has 1 unspecified atom stereocenters. The van der Waals surface area contributed by atoms with Crippen LogP contribution in [0.2, 0.25) is 0 Å². The van der Waals surface area contributed by atoms with Crippen molar-refractivity contribution < 1.29 is 19.4 Å². The molecule has 1 atom stereocenters. The zero-order valence-electron chi connectivity index (χ0n) is 13.6. The van der Waals surface area contributed by atoms with E-state index in [2.05, 4.69) is 5.32 Å². The molecule has 0 heterocycles. The highest BCUT2D eigenvalue weighted by molar-refractivity contribution is 6.01. The molecule has 0 radical (unpaired) electrons. The maximum absolute atomic E-state index is 12.9. The number of carbonyl (C=O) groups excluding carboxylic acids is 1. The molecule has 0 fully saturated rings. The van der Waals surface area contributed by atoms with Crippen LogP contribution in [0.3, 0.4) is 0 Å². The van der Waals surface area contributed by atoms with Crippen molar-refractivity contribution in [3.63, 3.8) is 0 Å². The first-order valence-corrected chi connectivity index (χ1v) is 7.59. The molecule has 0 aliphatic heterocycles. The number of aliphatic hydroxyl groups is 1. The Balaban J connectivity index is 1.92. The number of fused-ring (bicyclic) bond motifs is 1. The van der Waals surface area contributed by atoms with Crippen LogP contribution in [0.4, 0.5) is 5.69 Å². The quantitative estimate of drug-likeness (QED) is 0.906. The van der Waals surface area contributed by atoms with Crippen LogP contribution >= 0.6 is 0 Å². The van der Waals surface area contributed by atoms with E-state index in [0.717, 1.165) is 11.1 Å². The van der Waals surface area contributed by atoms with Crippen molar-refractivity contribution in [3.8, 4) is 5.75 Å². The van der Waals surface area contributed by atoms with Gasteiger partial charge in [0.15, 0.2) is 0 Å². The smallest absolute Gasteiger partial charge is 0.264 e. The van der Waals surface area contributed by atoms with Crippen molar-refractivity contribution >= 4 is 17.7 Å². The highest BCUT2D eigenvalue weighted by Gasteiger charge is 2.45. The number of rotatable bonds is 4. The summed E-state index contributed by atoms with van der Waals surface area (Å²) < 4.78 is 10.6. The van der Waals surface area contributed by atoms with Crippen molar-refractivity contribution in [2.24, 2.45) is 0 Å². The number of hydrogen-bond donors (Lipinski definition) is 2. The number of amides is 1. The topological polar surface area (TPSA) is 67.8 Å². The summed E-state index contributed by atoms with van der Waals surface area (Å²) in [5.41, 5.74) is 0.953. The fraction of sp³-hybridized carbons (Fsp3) is 0.211. The first-order valence-electron chi connectivity index (χ1n) is 7.59. The van der Waals surface area contributed by atoms with E-state index in [9.17, 15) is 9.90 Å². The number of nitrogens with one attached hydrogen (secondary N) is 1. The first-order chi connectivity index (χ1) is 11.6. The molecule has 124 valence electrons. The fourth-order valence-electron chi connectivity index (χ4n) is 2.86. The van der Waals surface area contributed by atoms with Crippen molar-refractivity contribution in [1.29, 1.82) is 0 Å². The molecule has 5 nitrogen and oxygen atoms in total. The summed E-state index contributed by atoms with van der Waals surface area (Å²) in [5.74, 6) is 0.0959. The lowest BCUT2D eigenvalue weighted by Crippen LogP contribution is -2.49. The van der Waals surface area contributed by atoms with Crippen LogP contribution in [-0.2, 0) is 16.0 Å². The first kappa shape index (κ1) is 16.1. The third-order valence-electron chi connectivity index (χ3n) is 4.24. The Morgan fingerprint density at radius 1 is 1.17 bits per heavy atom. The third-order valence-corrected chi connectivity index (χ3v) is 4.24. The molecular weight excluding hydrogens is 306 g/mol. The van der Waals surface area contributed by atoms with Gasteiger partial charge in [0.1, 0.15) is 11.5 Å². The SMILES string of the molecule is COc1cccc(NC(=O)C2(OC)Cc3ccccc3C=C2O)c1. The monoisotopic (exact) mass is 325 g/mol. The Bertz CT molecular complexity index is 799. The zero-order chi connectivity index (χ0) is 17.2. The minimum absolute atomic E-state index is 0.107. The normalized spacial score (nSPS) is 19.2. The zero-order valence-corrected chi connectivity index (χ0v) is 13.6. The minimum atomic E-state index is -1.45. The Labute approximate surface area is 140 Å². The summed E-state index contributed by atoms with van der Waals surface area (Å²) in [7, 11) is 2.98. The highest BCUT2D eigenvalue weighted by Crippen LogP contribution is 2.34. The average molecular weight is 325 g/mol. The molecule has 0 saturated carbocycles. The van der Waals surface area contributed by atoms with Gasteiger partial charge in [0.25, 0.3) is 5.91 Å². The van der Waals surface area contributed by atoms with E-state index < -0.39 is 11.5 Å². The Morgan fingerprint density at radius 3 is 2.71 bits per heavy atom. The summed E-state index contributed by atoms with van der Waals surface area (Å²) in [5, 5.41) is 13.3. The van der Waals surface area contributed by atoms with E-state index >= 15 is 0 Å². The maximum atomic E-state index is 12.9. The predicted molar refractivity (Wildman–Crippen MR) is 92.1 cm³/mol. The number of methoxy groups -OCH3 is 2. The van der Waals surface area contributed by atoms with Crippen molar-refractivity contribution in [3.05, 3.63) is 65.4 Å². The van der Waals surface area contributed by atoms with E-state index in [1.54, 1.807) is 37.5 Å². The predicted octanol–water partition coefficient (Wildman–Crippen LogP) is 3.17. The second-order valence-electron chi connectivity index (χ2n) is 5.62. The molecule has 1 amide bonds. The van der Waals surface area contributed by atoms with Gasteiger partial charge < -0.3 is 19.9 Å². The van der Waals surface area contributed by atoms with Gasteiger partial charge >= 0.3 is 0 Å². The summed E-state index contributed by atoms with van der Waals surface area (Å²) in [6.07, 6.45) is 1.84. The van der Waals surface area contributed by atoms with Crippen molar-refractivity contribution in [2.75, 3.05) is 19.5 Å². The number of ether oxygens (including phenoxy) is 2. The lowest BCUT2D eigenvalue weighted by atomic mass is 9.83. The van der Waals surface area contributed by atoms with Gasteiger partial charge in [-0.1, -0.05) is 30.3 Å². The number of carbonyl (C=O) groups is 1. The van der Waals surface area contributed by atoms with E-state index in [4.69, 9.17) is 9.47 Å². The van der Waals surface area contributed by atoms with E-state index in [1.807, 2.05) is 24.3 Å². The van der Waals surface area contributed by atoms with Gasteiger partial charge in [-0.05, 0) is 29.3 Å². The van der Waals surface area contributed by atoms with E-state index in [-0.39, 0.29) is 12.2 Å². The number of aliphatic hydroxyl groups excluding tert-OH is 1. The summed E-state index contributed by atoms with van der Waals surface area (Å²) in [4.78, 5) is 12.9. The third kappa shape index (κ3) is 2.74. The van der Waals surface area contributed by atoms with Gasteiger partial charge in [-0.3, -0.25) is 4.79 Å². The van der Waals surface area contributed by atoms with Gasteiger partial charge in [-0.15, -0.1) is 0 Å². The van der Waals surface area contributed by atoms with Crippen LogP contribution in [0.15, 0.2) is 54.3 Å². The van der Waals surface area contributed by atoms with E-state index in [1.165, 1.54) is 7.11 Å². The number of hydrogen-bond acceptors (Lipinski definition) is 4. The maximum Gasteiger partial charge on any atom is 0.264 e. The molecule has 2 aromatic carbocycles. The van der Waals surface area contributed by atoms with Gasteiger partial charge in [0.05, 0.1) is 7.11 Å². The molecule has 1 aliphatic carbocycles. The molecule has 1 aliphatic rings. The standard InChI is InChI=1S/C19H19NO4/c1-23-16-9-5-8-15(11-16)20-18(22)19(24-2)12-14-7-4-3-6-13(14)10-17(19)21/h3-11,21H,12H2,1-2H3,(H,20,22). The minimum Gasteiger partial charge on any atom is -0.509 e. The van der Waals surface area contributed by atoms with Gasteiger partial charge in [-0.25, -0.2) is 0 Å².